The highest BCUT2D eigenvalue weighted by Gasteiger charge is 2.18. The first kappa shape index (κ1) is 20.8. The van der Waals surface area contributed by atoms with Crippen molar-refractivity contribution in [2.24, 2.45) is 0 Å². The number of carbonyl (C=O) groups is 1. The normalized spacial score (nSPS) is 11.1. The van der Waals surface area contributed by atoms with E-state index in [0.717, 1.165) is 44.9 Å². The standard InChI is InChI=1S/C26H28N4O/c1-16-11-12-21(15-17(16)2)28-24(31)14-13-23-18(3)25-20(5)29-30(26(25)27-19(23)4)22-9-7-6-8-10-22/h6-12,15H,13-14H2,1-5H3,(H,28,31). The van der Waals surface area contributed by atoms with Crippen LogP contribution in [0.5, 0.6) is 0 Å². The van der Waals surface area contributed by atoms with Crippen molar-refractivity contribution < 1.29 is 4.79 Å². The Morgan fingerprint density at radius 2 is 1.68 bits per heavy atom. The van der Waals surface area contributed by atoms with Crippen LogP contribution in [0.2, 0.25) is 0 Å². The Hall–Kier alpha value is -3.47. The summed E-state index contributed by atoms with van der Waals surface area (Å²) in [6, 6.07) is 16.1. The summed E-state index contributed by atoms with van der Waals surface area (Å²) in [5, 5.41) is 8.83. The number of pyridine rings is 1. The van der Waals surface area contributed by atoms with Gasteiger partial charge in [-0.15, -0.1) is 0 Å². The first-order valence-corrected chi connectivity index (χ1v) is 10.6. The van der Waals surface area contributed by atoms with Crippen molar-refractivity contribution in [3.8, 4) is 5.69 Å². The molecule has 0 fully saturated rings. The summed E-state index contributed by atoms with van der Waals surface area (Å²) in [4.78, 5) is 17.5. The van der Waals surface area contributed by atoms with Crippen molar-refractivity contribution in [2.45, 2.75) is 47.5 Å². The lowest BCUT2D eigenvalue weighted by molar-refractivity contribution is -0.116. The molecule has 2 aromatic heterocycles. The average molecular weight is 413 g/mol. The van der Waals surface area contributed by atoms with Crippen molar-refractivity contribution in [1.82, 2.24) is 14.8 Å². The Morgan fingerprint density at radius 3 is 2.39 bits per heavy atom. The molecule has 2 heterocycles. The molecule has 4 rings (SSSR count). The zero-order chi connectivity index (χ0) is 22.1. The number of anilines is 1. The van der Waals surface area contributed by atoms with Crippen LogP contribution in [0.1, 0.15) is 40.1 Å². The summed E-state index contributed by atoms with van der Waals surface area (Å²) < 4.78 is 1.90. The predicted molar refractivity (Wildman–Crippen MR) is 126 cm³/mol. The largest absolute Gasteiger partial charge is 0.326 e. The molecule has 0 radical (unpaired) electrons. The lowest BCUT2D eigenvalue weighted by Gasteiger charge is -2.12. The zero-order valence-corrected chi connectivity index (χ0v) is 18.8. The molecule has 1 amide bonds. The predicted octanol–water partition coefficient (Wildman–Crippen LogP) is 5.53. The molecule has 0 aliphatic carbocycles. The topological polar surface area (TPSA) is 59.8 Å². The van der Waals surface area contributed by atoms with Gasteiger partial charge in [0.15, 0.2) is 5.65 Å². The quantitative estimate of drug-likeness (QED) is 0.469. The number of nitrogens with zero attached hydrogens (tertiary/aromatic N) is 3. The Kier molecular flexibility index (Phi) is 5.59. The maximum absolute atomic E-state index is 12.6. The molecule has 0 unspecified atom stereocenters. The molecule has 5 nitrogen and oxygen atoms in total. The van der Waals surface area contributed by atoms with Crippen LogP contribution in [-0.2, 0) is 11.2 Å². The third-order valence-electron chi connectivity index (χ3n) is 5.97. The molecule has 0 bridgehead atoms. The number of nitrogens with one attached hydrogen (secondary N) is 1. The molecule has 0 aliphatic heterocycles. The fourth-order valence-electron chi connectivity index (χ4n) is 4.10. The Balaban J connectivity index is 1.59. The third-order valence-corrected chi connectivity index (χ3v) is 5.97. The molecule has 158 valence electrons. The molecule has 31 heavy (non-hydrogen) atoms. The molecule has 2 aromatic carbocycles. The smallest absolute Gasteiger partial charge is 0.224 e. The van der Waals surface area contributed by atoms with E-state index in [1.54, 1.807) is 0 Å². The highest BCUT2D eigenvalue weighted by atomic mass is 16.1. The third kappa shape index (κ3) is 4.08. The zero-order valence-electron chi connectivity index (χ0n) is 18.8. The van der Waals surface area contributed by atoms with E-state index in [1.165, 1.54) is 11.1 Å². The van der Waals surface area contributed by atoms with Crippen LogP contribution in [0.25, 0.3) is 16.7 Å². The number of carbonyl (C=O) groups excluding carboxylic acids is 1. The van der Waals surface area contributed by atoms with E-state index < -0.39 is 0 Å². The van der Waals surface area contributed by atoms with Gasteiger partial charge in [-0.25, -0.2) is 9.67 Å². The number of benzene rings is 2. The number of para-hydroxylation sites is 1. The molecule has 0 spiro atoms. The van der Waals surface area contributed by atoms with Crippen molar-refractivity contribution in [1.29, 1.82) is 0 Å². The van der Waals surface area contributed by atoms with E-state index in [2.05, 4.69) is 26.1 Å². The minimum absolute atomic E-state index is 0.0128. The van der Waals surface area contributed by atoms with Crippen LogP contribution in [0.4, 0.5) is 5.69 Å². The van der Waals surface area contributed by atoms with Crippen LogP contribution in [0, 0.1) is 34.6 Å². The number of amides is 1. The highest BCUT2D eigenvalue weighted by Crippen LogP contribution is 2.28. The van der Waals surface area contributed by atoms with E-state index in [1.807, 2.05) is 67.1 Å². The maximum Gasteiger partial charge on any atom is 0.224 e. The van der Waals surface area contributed by atoms with Crippen LogP contribution in [0.3, 0.4) is 0 Å². The van der Waals surface area contributed by atoms with Crippen LogP contribution < -0.4 is 5.32 Å². The summed E-state index contributed by atoms with van der Waals surface area (Å²) in [7, 11) is 0. The molecule has 5 heteroatoms. The minimum Gasteiger partial charge on any atom is -0.326 e. The van der Waals surface area contributed by atoms with E-state index >= 15 is 0 Å². The van der Waals surface area contributed by atoms with Crippen LogP contribution >= 0.6 is 0 Å². The SMILES string of the molecule is Cc1ccc(NC(=O)CCc2c(C)nc3c(c(C)nn3-c3ccccc3)c2C)cc1C. The fraction of sp³-hybridized carbons (Fsp3) is 0.269. The summed E-state index contributed by atoms with van der Waals surface area (Å²) in [5.74, 6) is 0.0128. The number of aromatic nitrogens is 3. The van der Waals surface area contributed by atoms with Crippen molar-refractivity contribution in [2.75, 3.05) is 5.32 Å². The fourth-order valence-corrected chi connectivity index (χ4v) is 4.10. The van der Waals surface area contributed by atoms with Crippen LogP contribution in [0.15, 0.2) is 48.5 Å². The Morgan fingerprint density at radius 1 is 0.935 bits per heavy atom. The molecular weight excluding hydrogens is 384 g/mol. The van der Waals surface area contributed by atoms with Gasteiger partial charge in [-0.2, -0.15) is 5.10 Å². The number of fused-ring (bicyclic) bond motifs is 1. The van der Waals surface area contributed by atoms with Gasteiger partial charge in [-0.1, -0.05) is 24.3 Å². The van der Waals surface area contributed by atoms with Crippen molar-refractivity contribution in [3.05, 3.63) is 82.2 Å². The average Bonchev–Trinajstić information content (AvgIpc) is 3.07. The summed E-state index contributed by atoms with van der Waals surface area (Å²) >= 11 is 0. The summed E-state index contributed by atoms with van der Waals surface area (Å²) in [6.45, 7) is 10.3. The first-order chi connectivity index (χ1) is 14.8. The van der Waals surface area contributed by atoms with E-state index in [4.69, 9.17) is 10.1 Å². The van der Waals surface area contributed by atoms with E-state index in [0.29, 0.717) is 12.8 Å². The monoisotopic (exact) mass is 412 g/mol. The van der Waals surface area contributed by atoms with Crippen molar-refractivity contribution in [3.63, 3.8) is 0 Å². The van der Waals surface area contributed by atoms with Gasteiger partial charge in [0, 0.05) is 23.2 Å². The maximum atomic E-state index is 12.6. The summed E-state index contributed by atoms with van der Waals surface area (Å²) in [6.07, 6.45) is 1.06. The molecule has 0 atom stereocenters. The minimum atomic E-state index is 0.0128. The Labute approximate surface area is 183 Å². The molecule has 0 saturated heterocycles. The molecule has 0 saturated carbocycles. The van der Waals surface area contributed by atoms with Gasteiger partial charge < -0.3 is 5.32 Å². The molecule has 1 N–H and O–H groups in total. The van der Waals surface area contributed by atoms with Gasteiger partial charge in [0.1, 0.15) is 0 Å². The first-order valence-electron chi connectivity index (χ1n) is 10.6. The van der Waals surface area contributed by atoms with Gasteiger partial charge >= 0.3 is 0 Å². The van der Waals surface area contributed by atoms with Gasteiger partial charge in [0.25, 0.3) is 0 Å². The summed E-state index contributed by atoms with van der Waals surface area (Å²) in [5.41, 5.74) is 9.26. The second kappa shape index (κ2) is 8.34. The number of aryl methyl sites for hydroxylation is 5. The number of rotatable bonds is 5. The molecular formula is C26H28N4O. The van der Waals surface area contributed by atoms with E-state index in [9.17, 15) is 4.79 Å². The van der Waals surface area contributed by atoms with Gasteiger partial charge in [-0.05, 0) is 87.6 Å². The van der Waals surface area contributed by atoms with Crippen molar-refractivity contribution >= 4 is 22.6 Å². The highest BCUT2D eigenvalue weighted by molar-refractivity contribution is 5.91. The second-order valence-electron chi connectivity index (χ2n) is 8.18. The molecule has 4 aromatic rings. The van der Waals surface area contributed by atoms with Gasteiger partial charge in [0.2, 0.25) is 5.91 Å². The van der Waals surface area contributed by atoms with E-state index in [-0.39, 0.29) is 5.91 Å². The second-order valence-corrected chi connectivity index (χ2v) is 8.18. The molecule has 0 aliphatic rings. The van der Waals surface area contributed by atoms with Gasteiger partial charge in [0.05, 0.1) is 11.4 Å². The lowest BCUT2D eigenvalue weighted by Crippen LogP contribution is -2.13. The Bertz CT molecular complexity index is 1270. The van der Waals surface area contributed by atoms with Crippen LogP contribution in [-0.4, -0.2) is 20.7 Å². The number of hydrogen-bond acceptors (Lipinski definition) is 3. The number of hydrogen-bond donors (Lipinski definition) is 1. The lowest BCUT2D eigenvalue weighted by atomic mass is 9.99. The van der Waals surface area contributed by atoms with Gasteiger partial charge in [-0.3, -0.25) is 4.79 Å².